The number of carbonyl (C=O) groups excluding carboxylic acids is 1. The van der Waals surface area contributed by atoms with Crippen LogP contribution in [-0.4, -0.2) is 22.8 Å². The summed E-state index contributed by atoms with van der Waals surface area (Å²) >= 11 is 0. The Morgan fingerprint density at radius 2 is 2.00 bits per heavy atom. The summed E-state index contributed by atoms with van der Waals surface area (Å²) in [6.45, 7) is 0.398. The molecule has 0 spiro atoms. The van der Waals surface area contributed by atoms with E-state index >= 15 is 0 Å². The zero-order valence-electron chi connectivity index (χ0n) is 13.6. The summed E-state index contributed by atoms with van der Waals surface area (Å²) in [6.07, 6.45) is 3.29. The Labute approximate surface area is 143 Å². The Morgan fingerprint density at radius 1 is 1.20 bits per heavy atom. The summed E-state index contributed by atoms with van der Waals surface area (Å²) in [5, 5.41) is 13.1. The third-order valence-electron chi connectivity index (χ3n) is 4.60. The van der Waals surface area contributed by atoms with Crippen molar-refractivity contribution >= 4 is 5.91 Å². The van der Waals surface area contributed by atoms with Crippen LogP contribution in [0.5, 0.6) is 17.2 Å². The molecule has 0 atom stereocenters. The molecule has 25 heavy (non-hydrogen) atoms. The van der Waals surface area contributed by atoms with Crippen LogP contribution >= 0.6 is 0 Å². The molecular formula is C18H18N2O5. The Morgan fingerprint density at radius 3 is 2.88 bits per heavy atom. The molecule has 1 aliphatic carbocycles. The van der Waals surface area contributed by atoms with Gasteiger partial charge in [-0.3, -0.25) is 9.59 Å². The Hall–Kier alpha value is -2.96. The molecule has 2 aromatic rings. The average molecular weight is 342 g/mol. The number of fused-ring (bicyclic) bond motifs is 2. The molecule has 0 unspecified atom stereocenters. The van der Waals surface area contributed by atoms with Crippen molar-refractivity contribution in [2.24, 2.45) is 0 Å². The van der Waals surface area contributed by atoms with Crippen LogP contribution in [0.1, 0.15) is 40.0 Å². The van der Waals surface area contributed by atoms with Gasteiger partial charge in [-0.05, 0) is 43.4 Å². The second kappa shape index (κ2) is 6.16. The first-order valence-corrected chi connectivity index (χ1v) is 8.27. The standard InChI is InChI=1S/C18H18N2O5/c21-16-11-3-1-2-4-12(11)20-18(23)15(16)17(22)19-8-10-5-6-13-14(7-10)25-9-24-13/h5-7H,1-4,8-9H2,(H,19,22)(H2,20,21,23). The number of pyridine rings is 1. The van der Waals surface area contributed by atoms with Gasteiger partial charge in [-0.15, -0.1) is 0 Å². The minimum Gasteiger partial charge on any atom is -0.507 e. The number of aromatic hydroxyl groups is 1. The van der Waals surface area contributed by atoms with Gasteiger partial charge in [0.2, 0.25) is 6.79 Å². The Bertz CT molecular complexity index is 903. The first kappa shape index (κ1) is 15.6. The number of amides is 1. The lowest BCUT2D eigenvalue weighted by molar-refractivity contribution is 0.0946. The second-order valence-corrected chi connectivity index (χ2v) is 6.21. The van der Waals surface area contributed by atoms with Crippen LogP contribution in [0.4, 0.5) is 0 Å². The smallest absolute Gasteiger partial charge is 0.264 e. The number of aromatic amines is 1. The van der Waals surface area contributed by atoms with Crippen LogP contribution in [-0.2, 0) is 19.4 Å². The molecule has 0 bridgehead atoms. The molecule has 7 heteroatoms. The van der Waals surface area contributed by atoms with Crippen molar-refractivity contribution in [1.82, 2.24) is 10.3 Å². The van der Waals surface area contributed by atoms with Crippen LogP contribution in [0.25, 0.3) is 0 Å². The Kier molecular flexibility index (Phi) is 3.83. The quantitative estimate of drug-likeness (QED) is 0.787. The highest BCUT2D eigenvalue weighted by Crippen LogP contribution is 2.32. The fourth-order valence-corrected chi connectivity index (χ4v) is 3.29. The number of benzene rings is 1. The predicted molar refractivity (Wildman–Crippen MR) is 89.1 cm³/mol. The SMILES string of the molecule is O=C(NCc1ccc2c(c1)OCO2)c1c(O)c2c([nH]c1=O)CCCC2. The maximum atomic E-state index is 12.4. The van der Waals surface area contributed by atoms with Gasteiger partial charge < -0.3 is 24.9 Å². The van der Waals surface area contributed by atoms with Crippen LogP contribution in [0.15, 0.2) is 23.0 Å². The summed E-state index contributed by atoms with van der Waals surface area (Å²) in [7, 11) is 0. The summed E-state index contributed by atoms with van der Waals surface area (Å²) in [6, 6.07) is 5.36. The van der Waals surface area contributed by atoms with E-state index in [9.17, 15) is 14.7 Å². The third kappa shape index (κ3) is 2.82. The molecule has 7 nitrogen and oxygen atoms in total. The summed E-state index contributed by atoms with van der Waals surface area (Å²) in [5.41, 5.74) is 1.45. The fourth-order valence-electron chi connectivity index (χ4n) is 3.29. The number of hydrogen-bond donors (Lipinski definition) is 3. The average Bonchev–Trinajstić information content (AvgIpc) is 3.07. The molecular weight excluding hydrogens is 324 g/mol. The zero-order valence-corrected chi connectivity index (χ0v) is 13.6. The van der Waals surface area contributed by atoms with Crippen LogP contribution < -0.4 is 20.3 Å². The van der Waals surface area contributed by atoms with E-state index in [0.29, 0.717) is 23.5 Å². The van der Waals surface area contributed by atoms with Crippen LogP contribution in [0.2, 0.25) is 0 Å². The lowest BCUT2D eigenvalue weighted by Gasteiger charge is -2.18. The number of aryl methyl sites for hydroxylation is 1. The van der Waals surface area contributed by atoms with Crippen molar-refractivity contribution in [3.8, 4) is 17.2 Å². The number of H-pyrrole nitrogens is 1. The maximum absolute atomic E-state index is 12.4. The highest BCUT2D eigenvalue weighted by atomic mass is 16.7. The first-order chi connectivity index (χ1) is 12.1. The monoisotopic (exact) mass is 342 g/mol. The molecule has 0 saturated carbocycles. The normalized spacial score (nSPS) is 14.9. The van der Waals surface area contributed by atoms with E-state index in [0.717, 1.165) is 30.5 Å². The number of carbonyl (C=O) groups is 1. The molecule has 1 aromatic heterocycles. The highest BCUT2D eigenvalue weighted by molar-refractivity contribution is 5.96. The molecule has 1 aromatic carbocycles. The number of ether oxygens (including phenoxy) is 2. The fraction of sp³-hybridized carbons (Fsp3) is 0.333. The van der Waals surface area contributed by atoms with Gasteiger partial charge in [0.25, 0.3) is 11.5 Å². The molecule has 0 radical (unpaired) electrons. The van der Waals surface area contributed by atoms with Crippen molar-refractivity contribution in [1.29, 1.82) is 0 Å². The number of aromatic nitrogens is 1. The topological polar surface area (TPSA) is 101 Å². The molecule has 4 rings (SSSR count). The largest absolute Gasteiger partial charge is 0.507 e. The van der Waals surface area contributed by atoms with Crippen molar-refractivity contribution < 1.29 is 19.4 Å². The van der Waals surface area contributed by atoms with Gasteiger partial charge in [-0.2, -0.15) is 0 Å². The predicted octanol–water partition coefficient (Wildman–Crippen LogP) is 1.62. The van der Waals surface area contributed by atoms with Crippen molar-refractivity contribution in [3.05, 3.63) is 50.9 Å². The molecule has 0 saturated heterocycles. The van der Waals surface area contributed by atoms with Crippen LogP contribution in [0.3, 0.4) is 0 Å². The molecule has 1 amide bonds. The van der Waals surface area contributed by atoms with Gasteiger partial charge in [0.1, 0.15) is 11.3 Å². The number of nitrogens with one attached hydrogen (secondary N) is 2. The van der Waals surface area contributed by atoms with E-state index in [1.165, 1.54) is 0 Å². The van der Waals surface area contributed by atoms with Gasteiger partial charge >= 0.3 is 0 Å². The second-order valence-electron chi connectivity index (χ2n) is 6.21. The molecule has 1 aliphatic heterocycles. The van der Waals surface area contributed by atoms with Crippen LogP contribution in [0, 0.1) is 0 Å². The molecule has 2 aliphatic rings. The van der Waals surface area contributed by atoms with E-state index in [1.54, 1.807) is 12.1 Å². The third-order valence-corrected chi connectivity index (χ3v) is 4.60. The molecule has 3 N–H and O–H groups in total. The summed E-state index contributed by atoms with van der Waals surface area (Å²) < 4.78 is 10.5. The van der Waals surface area contributed by atoms with E-state index in [2.05, 4.69) is 10.3 Å². The lowest BCUT2D eigenvalue weighted by atomic mass is 9.93. The lowest BCUT2D eigenvalue weighted by Crippen LogP contribution is -2.31. The van der Waals surface area contributed by atoms with Gasteiger partial charge in [0.15, 0.2) is 11.5 Å². The van der Waals surface area contributed by atoms with E-state index in [4.69, 9.17) is 9.47 Å². The van der Waals surface area contributed by atoms with E-state index in [1.807, 2.05) is 6.07 Å². The molecule has 130 valence electrons. The molecule has 0 fully saturated rings. The first-order valence-electron chi connectivity index (χ1n) is 8.27. The zero-order chi connectivity index (χ0) is 17.4. The number of hydrogen-bond acceptors (Lipinski definition) is 5. The summed E-state index contributed by atoms with van der Waals surface area (Å²) in [4.78, 5) is 27.4. The minimum absolute atomic E-state index is 0.184. The minimum atomic E-state index is -0.593. The Balaban J connectivity index is 1.54. The van der Waals surface area contributed by atoms with Crippen molar-refractivity contribution in [2.75, 3.05) is 6.79 Å². The molecule has 2 heterocycles. The van der Waals surface area contributed by atoms with E-state index < -0.39 is 11.5 Å². The van der Waals surface area contributed by atoms with Gasteiger partial charge in [-0.1, -0.05) is 6.07 Å². The van der Waals surface area contributed by atoms with Gasteiger partial charge in [-0.25, -0.2) is 0 Å². The van der Waals surface area contributed by atoms with Gasteiger partial charge in [0, 0.05) is 17.8 Å². The van der Waals surface area contributed by atoms with Crippen molar-refractivity contribution in [3.63, 3.8) is 0 Å². The highest BCUT2D eigenvalue weighted by Gasteiger charge is 2.24. The maximum Gasteiger partial charge on any atom is 0.264 e. The van der Waals surface area contributed by atoms with Crippen molar-refractivity contribution in [2.45, 2.75) is 32.2 Å². The van der Waals surface area contributed by atoms with Gasteiger partial charge in [0.05, 0.1) is 0 Å². The summed E-state index contributed by atoms with van der Waals surface area (Å²) in [5.74, 6) is 0.506. The number of rotatable bonds is 3. The van der Waals surface area contributed by atoms with E-state index in [-0.39, 0.29) is 24.7 Å².